The molecule has 35 heavy (non-hydrogen) atoms. The van der Waals surface area contributed by atoms with Gasteiger partial charge < -0.3 is 0 Å². The Morgan fingerprint density at radius 2 is 1.89 bits per heavy atom. The van der Waals surface area contributed by atoms with E-state index in [1.54, 1.807) is 6.20 Å². The number of rotatable bonds is 5. The van der Waals surface area contributed by atoms with Crippen molar-refractivity contribution >= 4 is 34.6 Å². The SMILES string of the molecule is O=C(N=C(c1cccc(Cc2ccc(C(F)(F)F)cn2)c1)c1ncc(Cl)s1)C1CC2CCC1CC2. The van der Waals surface area contributed by atoms with Crippen LogP contribution < -0.4 is 0 Å². The summed E-state index contributed by atoms with van der Waals surface area (Å²) in [7, 11) is 0. The second kappa shape index (κ2) is 9.82. The number of hydrogen-bond acceptors (Lipinski definition) is 4. The summed E-state index contributed by atoms with van der Waals surface area (Å²) in [5, 5.41) is 0.564. The van der Waals surface area contributed by atoms with E-state index >= 15 is 0 Å². The van der Waals surface area contributed by atoms with Crippen LogP contribution in [0.4, 0.5) is 13.2 Å². The van der Waals surface area contributed by atoms with E-state index in [4.69, 9.17) is 11.6 Å². The van der Waals surface area contributed by atoms with Gasteiger partial charge in [0.25, 0.3) is 0 Å². The van der Waals surface area contributed by atoms with Crippen molar-refractivity contribution in [3.8, 4) is 0 Å². The predicted molar refractivity (Wildman–Crippen MR) is 130 cm³/mol. The van der Waals surface area contributed by atoms with E-state index in [0.717, 1.165) is 42.7 Å². The van der Waals surface area contributed by atoms with Crippen LogP contribution in [0, 0.1) is 17.8 Å². The zero-order chi connectivity index (χ0) is 24.6. The van der Waals surface area contributed by atoms with E-state index in [1.165, 1.54) is 30.2 Å². The molecule has 2 bridgehead atoms. The lowest BCUT2D eigenvalue weighted by Gasteiger charge is -2.40. The van der Waals surface area contributed by atoms with Crippen LogP contribution in [0.5, 0.6) is 0 Å². The molecule has 1 aromatic carbocycles. The normalized spacial score (nSPS) is 22.4. The number of aliphatic imine (C=N–C) groups is 1. The van der Waals surface area contributed by atoms with E-state index in [1.807, 2.05) is 24.3 Å². The van der Waals surface area contributed by atoms with Crippen molar-refractivity contribution in [2.45, 2.75) is 44.7 Å². The summed E-state index contributed by atoms with van der Waals surface area (Å²) in [4.78, 5) is 26.2. The minimum atomic E-state index is -4.42. The molecule has 0 N–H and O–H groups in total. The number of fused-ring (bicyclic) bond motifs is 3. The first-order valence-electron chi connectivity index (χ1n) is 11.6. The van der Waals surface area contributed by atoms with Crippen LogP contribution in [0.25, 0.3) is 0 Å². The third-order valence-electron chi connectivity index (χ3n) is 7.00. The van der Waals surface area contributed by atoms with Crippen molar-refractivity contribution in [3.63, 3.8) is 0 Å². The van der Waals surface area contributed by atoms with E-state index in [-0.39, 0.29) is 11.8 Å². The molecule has 3 aliphatic rings. The Kier molecular flexibility index (Phi) is 6.77. The van der Waals surface area contributed by atoms with E-state index in [0.29, 0.717) is 39.0 Å². The molecule has 1 atom stereocenters. The first kappa shape index (κ1) is 24.1. The zero-order valence-electron chi connectivity index (χ0n) is 18.8. The molecule has 0 saturated heterocycles. The molecule has 3 aromatic rings. The van der Waals surface area contributed by atoms with Gasteiger partial charge in [0.05, 0.1) is 11.8 Å². The van der Waals surface area contributed by atoms with Gasteiger partial charge in [-0.2, -0.15) is 13.2 Å². The number of benzene rings is 1. The highest BCUT2D eigenvalue weighted by molar-refractivity contribution is 7.17. The number of carbonyl (C=O) groups is 1. The number of pyridine rings is 1. The number of halogens is 4. The number of nitrogens with zero attached hydrogens (tertiary/aromatic N) is 3. The molecule has 0 radical (unpaired) electrons. The minimum absolute atomic E-state index is 0.0486. The molecule has 6 rings (SSSR count). The summed E-state index contributed by atoms with van der Waals surface area (Å²) in [6, 6.07) is 9.87. The van der Waals surface area contributed by atoms with Gasteiger partial charge in [0.1, 0.15) is 15.1 Å². The highest BCUT2D eigenvalue weighted by Crippen LogP contribution is 2.45. The lowest BCUT2D eigenvalue weighted by molar-refractivity contribution is -0.137. The average Bonchev–Trinajstić information content (AvgIpc) is 3.29. The Bertz CT molecular complexity index is 1250. The molecule has 1 amide bonds. The number of aromatic nitrogens is 2. The van der Waals surface area contributed by atoms with Gasteiger partial charge in [-0.05, 0) is 54.9 Å². The van der Waals surface area contributed by atoms with Gasteiger partial charge in [-0.1, -0.05) is 42.6 Å². The largest absolute Gasteiger partial charge is 0.417 e. The summed E-state index contributed by atoms with van der Waals surface area (Å²) in [5.74, 6) is 0.860. The van der Waals surface area contributed by atoms with Crippen LogP contribution in [0.1, 0.15) is 59.5 Å². The Morgan fingerprint density at radius 3 is 2.49 bits per heavy atom. The fraction of sp³-hybridized carbons (Fsp3) is 0.385. The summed E-state index contributed by atoms with van der Waals surface area (Å²) < 4.78 is 39.0. The van der Waals surface area contributed by atoms with Crippen LogP contribution in [0.3, 0.4) is 0 Å². The fourth-order valence-corrected chi connectivity index (χ4v) is 6.13. The quantitative estimate of drug-likeness (QED) is 0.343. The third-order valence-corrected chi connectivity index (χ3v) is 8.13. The minimum Gasteiger partial charge on any atom is -0.272 e. The second-order valence-corrected chi connectivity index (χ2v) is 11.0. The molecule has 2 heterocycles. The number of amides is 1. The van der Waals surface area contributed by atoms with Gasteiger partial charge in [-0.15, -0.1) is 11.3 Å². The first-order valence-corrected chi connectivity index (χ1v) is 12.8. The molecule has 3 fully saturated rings. The Balaban J connectivity index is 1.43. The van der Waals surface area contributed by atoms with Gasteiger partial charge in [0.2, 0.25) is 5.91 Å². The molecule has 182 valence electrons. The van der Waals surface area contributed by atoms with Crippen molar-refractivity contribution in [2.75, 3.05) is 0 Å². The fourth-order valence-electron chi connectivity index (χ4n) is 5.21. The number of carbonyl (C=O) groups excluding carboxylic acids is 1. The Morgan fingerprint density at radius 1 is 1.09 bits per heavy atom. The van der Waals surface area contributed by atoms with Gasteiger partial charge >= 0.3 is 6.18 Å². The molecule has 3 aliphatic carbocycles. The van der Waals surface area contributed by atoms with Crippen molar-refractivity contribution in [3.05, 3.63) is 80.5 Å². The maximum Gasteiger partial charge on any atom is 0.417 e. The van der Waals surface area contributed by atoms with Crippen molar-refractivity contribution < 1.29 is 18.0 Å². The van der Waals surface area contributed by atoms with Crippen LogP contribution in [-0.4, -0.2) is 21.6 Å². The smallest absolute Gasteiger partial charge is 0.272 e. The highest BCUT2D eigenvalue weighted by Gasteiger charge is 2.39. The molecule has 2 aromatic heterocycles. The van der Waals surface area contributed by atoms with Gasteiger partial charge in [0, 0.05) is 29.8 Å². The highest BCUT2D eigenvalue weighted by atomic mass is 35.5. The predicted octanol–water partition coefficient (Wildman–Crippen LogP) is 6.99. The monoisotopic (exact) mass is 517 g/mol. The molecule has 1 unspecified atom stereocenters. The zero-order valence-corrected chi connectivity index (χ0v) is 20.3. The van der Waals surface area contributed by atoms with Crippen LogP contribution in [0.15, 0.2) is 53.8 Å². The lowest BCUT2D eigenvalue weighted by atomic mass is 9.64. The third kappa shape index (κ3) is 5.48. The molecular weight excluding hydrogens is 495 g/mol. The van der Waals surface area contributed by atoms with Gasteiger partial charge in [-0.25, -0.2) is 9.98 Å². The second-order valence-electron chi connectivity index (χ2n) is 9.30. The van der Waals surface area contributed by atoms with E-state index in [2.05, 4.69) is 15.0 Å². The van der Waals surface area contributed by atoms with Crippen molar-refractivity contribution in [2.24, 2.45) is 22.7 Å². The maximum atomic E-state index is 13.3. The average molecular weight is 518 g/mol. The standard InChI is InChI=1S/C26H23ClF3N3OS/c27-22-14-32-25(35-22)23(33-24(34)21-12-15-4-6-17(21)7-5-15)18-3-1-2-16(10-18)11-20-9-8-19(13-31-20)26(28,29)30/h1-3,8-10,13-15,17,21H,4-7,11-12H2. The van der Waals surface area contributed by atoms with Crippen LogP contribution in [0.2, 0.25) is 4.34 Å². The summed E-state index contributed by atoms with van der Waals surface area (Å²) in [5.41, 5.74) is 1.78. The molecule has 3 saturated carbocycles. The molecule has 0 spiro atoms. The van der Waals surface area contributed by atoms with Crippen molar-refractivity contribution in [1.29, 1.82) is 0 Å². The van der Waals surface area contributed by atoms with Crippen LogP contribution in [-0.2, 0) is 17.4 Å². The molecule has 9 heteroatoms. The molecular formula is C26H23ClF3N3OS. The number of thiazole rings is 1. The van der Waals surface area contributed by atoms with Crippen molar-refractivity contribution in [1.82, 2.24) is 9.97 Å². The summed E-state index contributed by atoms with van der Waals surface area (Å²) >= 11 is 7.40. The number of hydrogen-bond donors (Lipinski definition) is 0. The van der Waals surface area contributed by atoms with E-state index < -0.39 is 11.7 Å². The van der Waals surface area contributed by atoms with Gasteiger partial charge in [0.15, 0.2) is 0 Å². The lowest BCUT2D eigenvalue weighted by Crippen LogP contribution is -2.35. The van der Waals surface area contributed by atoms with Crippen LogP contribution >= 0.6 is 22.9 Å². The molecule has 4 nitrogen and oxygen atoms in total. The van der Waals surface area contributed by atoms with Gasteiger partial charge in [-0.3, -0.25) is 9.78 Å². The molecule has 0 aliphatic heterocycles. The maximum absolute atomic E-state index is 13.3. The first-order chi connectivity index (χ1) is 16.8. The summed E-state index contributed by atoms with van der Waals surface area (Å²) in [6.45, 7) is 0. The topological polar surface area (TPSA) is 55.2 Å². The Labute approximate surface area is 210 Å². The van der Waals surface area contributed by atoms with E-state index in [9.17, 15) is 18.0 Å². The number of alkyl halides is 3. The Hall–Kier alpha value is -2.58. The summed E-state index contributed by atoms with van der Waals surface area (Å²) in [6.07, 6.45) is 3.79.